The number of carbonyl (C=O) groups excluding carboxylic acids is 1. The molecule has 1 aromatic rings. The Hall–Kier alpha value is -1.84. The number of methoxy groups -OCH3 is 1. The third-order valence-corrected chi connectivity index (χ3v) is 1.85. The summed E-state index contributed by atoms with van der Waals surface area (Å²) in [5.41, 5.74) is 0.899. The molecule has 1 aromatic carbocycles. The Labute approximate surface area is 81.1 Å². The monoisotopic (exact) mass is 194 g/mol. The van der Waals surface area contributed by atoms with Crippen LogP contribution in [-0.2, 0) is 4.79 Å². The molecular formula is C10H10O4. The lowest BCUT2D eigenvalue weighted by Crippen LogP contribution is -2.12. The number of aryl methyl sites for hydroxylation is 1. The van der Waals surface area contributed by atoms with E-state index in [1.54, 1.807) is 13.0 Å². The molecule has 0 saturated heterocycles. The van der Waals surface area contributed by atoms with E-state index in [-0.39, 0.29) is 5.56 Å². The normalized spacial score (nSPS) is 9.57. The molecule has 0 amide bonds. The van der Waals surface area contributed by atoms with E-state index in [4.69, 9.17) is 9.84 Å². The zero-order chi connectivity index (χ0) is 10.7. The molecule has 1 rings (SSSR count). The fourth-order valence-electron chi connectivity index (χ4n) is 1.14. The highest BCUT2D eigenvalue weighted by Crippen LogP contribution is 2.18. The van der Waals surface area contributed by atoms with Crippen molar-refractivity contribution in [3.63, 3.8) is 0 Å². The van der Waals surface area contributed by atoms with Crippen LogP contribution in [-0.4, -0.2) is 24.0 Å². The smallest absolute Gasteiger partial charge is 0.377 e. The second-order valence-electron chi connectivity index (χ2n) is 2.82. The van der Waals surface area contributed by atoms with Gasteiger partial charge in [-0.05, 0) is 30.7 Å². The lowest BCUT2D eigenvalue weighted by atomic mass is 10.1. The Morgan fingerprint density at radius 2 is 2.00 bits per heavy atom. The molecule has 0 atom stereocenters. The summed E-state index contributed by atoms with van der Waals surface area (Å²) in [6, 6.07) is 4.50. The van der Waals surface area contributed by atoms with Gasteiger partial charge in [0.2, 0.25) is 0 Å². The summed E-state index contributed by atoms with van der Waals surface area (Å²) in [7, 11) is 1.51. The Morgan fingerprint density at radius 1 is 1.36 bits per heavy atom. The van der Waals surface area contributed by atoms with Crippen molar-refractivity contribution in [1.82, 2.24) is 0 Å². The number of hydrogen-bond acceptors (Lipinski definition) is 3. The Kier molecular flexibility index (Phi) is 2.86. The SMILES string of the molecule is COc1ccc(C(=O)C(=O)O)cc1C. The molecule has 0 unspecified atom stereocenters. The lowest BCUT2D eigenvalue weighted by Gasteiger charge is -2.04. The highest BCUT2D eigenvalue weighted by atomic mass is 16.5. The van der Waals surface area contributed by atoms with Gasteiger partial charge in [0.25, 0.3) is 5.78 Å². The molecule has 0 fully saturated rings. The third-order valence-electron chi connectivity index (χ3n) is 1.85. The van der Waals surface area contributed by atoms with E-state index in [0.717, 1.165) is 5.56 Å². The van der Waals surface area contributed by atoms with Crippen molar-refractivity contribution < 1.29 is 19.4 Å². The number of hydrogen-bond donors (Lipinski definition) is 1. The van der Waals surface area contributed by atoms with Gasteiger partial charge in [-0.2, -0.15) is 0 Å². The van der Waals surface area contributed by atoms with Gasteiger partial charge in [0.15, 0.2) is 0 Å². The van der Waals surface area contributed by atoms with E-state index in [1.165, 1.54) is 19.2 Å². The van der Waals surface area contributed by atoms with Gasteiger partial charge in [0, 0.05) is 5.56 Å². The number of aliphatic carboxylic acids is 1. The molecule has 4 nitrogen and oxygen atoms in total. The highest BCUT2D eigenvalue weighted by molar-refractivity contribution is 6.39. The molecule has 0 aliphatic heterocycles. The predicted octanol–water partition coefficient (Wildman–Crippen LogP) is 1.27. The Bertz CT molecular complexity index is 382. The summed E-state index contributed by atoms with van der Waals surface area (Å²) in [6.45, 7) is 1.75. The number of carboxylic acid groups (broad SMARTS) is 1. The van der Waals surface area contributed by atoms with Crippen LogP contribution in [0.15, 0.2) is 18.2 Å². The van der Waals surface area contributed by atoms with Crippen LogP contribution in [0.3, 0.4) is 0 Å². The largest absolute Gasteiger partial charge is 0.496 e. The maximum absolute atomic E-state index is 11.1. The number of ether oxygens (including phenoxy) is 1. The van der Waals surface area contributed by atoms with Gasteiger partial charge < -0.3 is 9.84 Å². The first-order chi connectivity index (χ1) is 6.56. The summed E-state index contributed by atoms with van der Waals surface area (Å²) < 4.78 is 4.98. The summed E-state index contributed by atoms with van der Waals surface area (Å²) in [5.74, 6) is -1.72. The second-order valence-corrected chi connectivity index (χ2v) is 2.82. The van der Waals surface area contributed by atoms with Crippen LogP contribution in [0.25, 0.3) is 0 Å². The minimum atomic E-state index is -1.45. The summed E-state index contributed by atoms with van der Waals surface area (Å²) in [4.78, 5) is 21.4. The number of Topliss-reactive ketones (excluding diaryl/α,β-unsaturated/α-hetero) is 1. The van der Waals surface area contributed by atoms with Crippen molar-refractivity contribution in [3.05, 3.63) is 29.3 Å². The fourth-order valence-corrected chi connectivity index (χ4v) is 1.14. The topological polar surface area (TPSA) is 63.6 Å². The van der Waals surface area contributed by atoms with E-state index < -0.39 is 11.8 Å². The van der Waals surface area contributed by atoms with Crippen molar-refractivity contribution in [1.29, 1.82) is 0 Å². The van der Waals surface area contributed by atoms with Crippen LogP contribution in [0.4, 0.5) is 0 Å². The van der Waals surface area contributed by atoms with E-state index in [9.17, 15) is 9.59 Å². The molecule has 0 bridgehead atoms. The van der Waals surface area contributed by atoms with Crippen LogP contribution >= 0.6 is 0 Å². The van der Waals surface area contributed by atoms with Crippen LogP contribution < -0.4 is 4.74 Å². The van der Waals surface area contributed by atoms with Crippen LogP contribution in [0.2, 0.25) is 0 Å². The average molecular weight is 194 g/mol. The molecule has 0 spiro atoms. The van der Waals surface area contributed by atoms with E-state index in [2.05, 4.69) is 0 Å². The van der Waals surface area contributed by atoms with Crippen molar-refractivity contribution >= 4 is 11.8 Å². The molecule has 14 heavy (non-hydrogen) atoms. The van der Waals surface area contributed by atoms with Gasteiger partial charge in [-0.1, -0.05) is 0 Å². The predicted molar refractivity (Wildman–Crippen MR) is 49.7 cm³/mol. The maximum atomic E-state index is 11.1. The van der Waals surface area contributed by atoms with E-state index >= 15 is 0 Å². The summed E-state index contributed by atoms with van der Waals surface area (Å²) in [5, 5.41) is 8.47. The molecule has 1 N–H and O–H groups in total. The van der Waals surface area contributed by atoms with E-state index in [0.29, 0.717) is 5.75 Å². The average Bonchev–Trinajstić information content (AvgIpc) is 2.16. The second kappa shape index (κ2) is 3.91. The van der Waals surface area contributed by atoms with Crippen molar-refractivity contribution in [2.45, 2.75) is 6.92 Å². The first-order valence-electron chi connectivity index (χ1n) is 3.98. The molecular weight excluding hydrogens is 184 g/mol. The number of rotatable bonds is 3. The van der Waals surface area contributed by atoms with Gasteiger partial charge in [-0.15, -0.1) is 0 Å². The third kappa shape index (κ3) is 1.90. The van der Waals surface area contributed by atoms with Crippen molar-refractivity contribution in [3.8, 4) is 5.75 Å². The van der Waals surface area contributed by atoms with Crippen LogP contribution in [0, 0.1) is 6.92 Å². The molecule has 0 heterocycles. The number of benzene rings is 1. The van der Waals surface area contributed by atoms with Gasteiger partial charge in [-0.25, -0.2) is 4.79 Å². The first kappa shape index (κ1) is 10.2. The van der Waals surface area contributed by atoms with Gasteiger partial charge in [-0.3, -0.25) is 4.79 Å². The standard InChI is InChI=1S/C10H10O4/c1-6-5-7(9(11)10(12)13)3-4-8(6)14-2/h3-5H,1-2H3,(H,12,13). The first-order valence-corrected chi connectivity index (χ1v) is 3.98. The quantitative estimate of drug-likeness (QED) is 0.581. The van der Waals surface area contributed by atoms with Crippen molar-refractivity contribution in [2.75, 3.05) is 7.11 Å². The van der Waals surface area contributed by atoms with Crippen molar-refractivity contribution in [2.24, 2.45) is 0 Å². The minimum Gasteiger partial charge on any atom is -0.496 e. The Morgan fingerprint density at radius 3 is 2.43 bits per heavy atom. The molecule has 74 valence electrons. The molecule has 0 aliphatic rings. The zero-order valence-corrected chi connectivity index (χ0v) is 7.90. The number of ketones is 1. The molecule has 0 aliphatic carbocycles. The Balaban J connectivity index is 3.09. The van der Waals surface area contributed by atoms with Crippen LogP contribution in [0.1, 0.15) is 15.9 Å². The van der Waals surface area contributed by atoms with Gasteiger partial charge in [0.05, 0.1) is 7.11 Å². The van der Waals surface area contributed by atoms with Crippen LogP contribution in [0.5, 0.6) is 5.75 Å². The maximum Gasteiger partial charge on any atom is 0.377 e. The number of carboxylic acids is 1. The van der Waals surface area contributed by atoms with Gasteiger partial charge >= 0.3 is 5.97 Å². The zero-order valence-electron chi connectivity index (χ0n) is 7.90. The summed E-state index contributed by atoms with van der Waals surface area (Å²) in [6.07, 6.45) is 0. The fraction of sp³-hybridized carbons (Fsp3) is 0.200. The summed E-state index contributed by atoms with van der Waals surface area (Å²) >= 11 is 0. The molecule has 0 aromatic heterocycles. The molecule has 0 radical (unpaired) electrons. The van der Waals surface area contributed by atoms with E-state index in [1.807, 2.05) is 0 Å². The minimum absolute atomic E-state index is 0.163. The van der Waals surface area contributed by atoms with Gasteiger partial charge in [0.1, 0.15) is 5.75 Å². The molecule has 0 saturated carbocycles. The molecule has 4 heteroatoms. The lowest BCUT2D eigenvalue weighted by molar-refractivity contribution is -0.131. The highest BCUT2D eigenvalue weighted by Gasteiger charge is 2.15. The number of carbonyl (C=O) groups is 2.